The van der Waals surface area contributed by atoms with E-state index in [-0.39, 0.29) is 0 Å². The Bertz CT molecular complexity index is 770. The molecule has 2 aromatic carbocycles. The van der Waals surface area contributed by atoms with Crippen molar-refractivity contribution in [2.75, 3.05) is 18.8 Å². The van der Waals surface area contributed by atoms with E-state index in [1.165, 1.54) is 0 Å². The second kappa shape index (κ2) is 5.95. The van der Waals surface area contributed by atoms with Crippen molar-refractivity contribution in [3.63, 3.8) is 0 Å². The largest absolute Gasteiger partial charge is 0.373 e. The molecule has 0 bridgehead atoms. The van der Waals surface area contributed by atoms with Crippen LogP contribution < -0.4 is 0 Å². The van der Waals surface area contributed by atoms with Gasteiger partial charge in [-0.15, -0.1) is 0 Å². The summed E-state index contributed by atoms with van der Waals surface area (Å²) in [6.45, 7) is 1.28. The van der Waals surface area contributed by atoms with E-state index in [0.29, 0.717) is 6.54 Å². The summed E-state index contributed by atoms with van der Waals surface area (Å²) in [6, 6.07) is 20.1. The first-order valence-electron chi connectivity index (χ1n) is 7.94. The molecule has 0 unspecified atom stereocenters. The summed E-state index contributed by atoms with van der Waals surface area (Å²) < 4.78 is 2.21. The Morgan fingerprint density at radius 2 is 1.70 bits per heavy atom. The maximum Gasteiger partial charge on any atom is 0.354 e. The number of aliphatic hydroxyl groups is 1. The van der Waals surface area contributed by atoms with Gasteiger partial charge in [0.05, 0.1) is 6.54 Å². The smallest absolute Gasteiger partial charge is 0.354 e. The molecule has 1 atom stereocenters. The first-order chi connectivity index (χ1) is 11.3. The number of rotatable bonds is 2. The summed E-state index contributed by atoms with van der Waals surface area (Å²) in [7, 11) is 0. The summed E-state index contributed by atoms with van der Waals surface area (Å²) in [5.41, 5.74) is 1.84. The van der Waals surface area contributed by atoms with Crippen LogP contribution in [-0.4, -0.2) is 39.4 Å². The van der Waals surface area contributed by atoms with Crippen LogP contribution in [0.2, 0.25) is 0 Å². The standard InChI is InChI=1S/C19H19N2OS/c22-19(16-10-5-2-6-11-16)14-20-18-21(12-7-13-23-18)17(19)15-8-3-1-4-9-15/h1-6,8-11,22H,7,12-14H2/q+1/t19-/m1/s1. The molecule has 0 amide bonds. The molecule has 2 heterocycles. The topological polar surface area (TPSA) is 35.6 Å². The van der Waals surface area contributed by atoms with Gasteiger partial charge in [-0.3, -0.25) is 0 Å². The zero-order valence-electron chi connectivity index (χ0n) is 12.9. The van der Waals surface area contributed by atoms with Crippen molar-refractivity contribution in [3.05, 3.63) is 71.8 Å². The highest BCUT2D eigenvalue weighted by molar-refractivity contribution is 8.13. The first-order valence-corrected chi connectivity index (χ1v) is 8.93. The van der Waals surface area contributed by atoms with E-state index in [1.807, 2.05) is 48.5 Å². The lowest BCUT2D eigenvalue weighted by atomic mass is 9.84. The van der Waals surface area contributed by atoms with Crippen LogP contribution in [0, 0.1) is 0 Å². The number of fused-ring (bicyclic) bond motifs is 1. The fourth-order valence-electron chi connectivity index (χ4n) is 3.31. The minimum absolute atomic E-state index is 0.375. The minimum atomic E-state index is -1.08. The van der Waals surface area contributed by atoms with Crippen LogP contribution in [0.3, 0.4) is 0 Å². The molecular weight excluding hydrogens is 304 g/mol. The molecule has 0 aromatic heterocycles. The van der Waals surface area contributed by atoms with Gasteiger partial charge in [-0.05, 0) is 23.7 Å². The molecule has 0 spiro atoms. The summed E-state index contributed by atoms with van der Waals surface area (Å²) in [4.78, 5) is 4.69. The van der Waals surface area contributed by atoms with Gasteiger partial charge >= 0.3 is 5.17 Å². The van der Waals surface area contributed by atoms with Gasteiger partial charge in [0.2, 0.25) is 0 Å². The van der Waals surface area contributed by atoms with E-state index in [2.05, 4.69) is 16.7 Å². The van der Waals surface area contributed by atoms with Gasteiger partial charge in [0.1, 0.15) is 0 Å². The first kappa shape index (κ1) is 14.7. The summed E-state index contributed by atoms with van der Waals surface area (Å²) in [6.07, 6.45) is 1.10. The molecule has 1 N–H and O–H groups in total. The Balaban J connectivity index is 1.94. The predicted octanol–water partition coefficient (Wildman–Crippen LogP) is 2.88. The molecule has 4 rings (SSSR count). The lowest BCUT2D eigenvalue weighted by molar-refractivity contribution is -0.413. The molecule has 1 saturated heterocycles. The van der Waals surface area contributed by atoms with Crippen molar-refractivity contribution in [1.29, 1.82) is 0 Å². The van der Waals surface area contributed by atoms with Gasteiger partial charge in [0, 0.05) is 11.3 Å². The van der Waals surface area contributed by atoms with Crippen LogP contribution in [0.1, 0.15) is 17.5 Å². The second-order valence-electron chi connectivity index (χ2n) is 5.89. The Morgan fingerprint density at radius 3 is 2.43 bits per heavy atom. The van der Waals surface area contributed by atoms with Crippen LogP contribution in [0.25, 0.3) is 0 Å². The highest BCUT2D eigenvalue weighted by Gasteiger charge is 2.47. The quantitative estimate of drug-likeness (QED) is 0.863. The average molecular weight is 323 g/mol. The third-order valence-electron chi connectivity index (χ3n) is 4.39. The van der Waals surface area contributed by atoms with Crippen molar-refractivity contribution in [2.45, 2.75) is 12.0 Å². The Kier molecular flexibility index (Phi) is 3.79. The van der Waals surface area contributed by atoms with Crippen molar-refractivity contribution in [1.82, 2.24) is 0 Å². The van der Waals surface area contributed by atoms with E-state index in [1.54, 1.807) is 11.8 Å². The lowest BCUT2D eigenvalue weighted by Crippen LogP contribution is -2.50. The normalized spacial score (nSPS) is 24.1. The van der Waals surface area contributed by atoms with Gasteiger partial charge in [0.15, 0.2) is 17.9 Å². The predicted molar refractivity (Wildman–Crippen MR) is 95.4 cm³/mol. The molecule has 23 heavy (non-hydrogen) atoms. The molecule has 3 nitrogen and oxygen atoms in total. The highest BCUT2D eigenvalue weighted by atomic mass is 32.2. The summed E-state index contributed by atoms with van der Waals surface area (Å²) in [5.74, 6) is 1.10. The number of hydrogen-bond donors (Lipinski definition) is 1. The van der Waals surface area contributed by atoms with Crippen LogP contribution in [0.5, 0.6) is 0 Å². The second-order valence-corrected chi connectivity index (χ2v) is 6.96. The molecule has 0 saturated carbocycles. The fraction of sp³-hybridized carbons (Fsp3) is 0.263. The maximum atomic E-state index is 11.6. The number of amidine groups is 1. The fourth-order valence-corrected chi connectivity index (χ4v) is 4.26. The van der Waals surface area contributed by atoms with Gasteiger partial charge in [-0.25, -0.2) is 4.58 Å². The highest BCUT2D eigenvalue weighted by Crippen LogP contribution is 2.32. The van der Waals surface area contributed by atoms with Crippen molar-refractivity contribution >= 4 is 22.6 Å². The molecule has 1 fully saturated rings. The molecule has 0 radical (unpaired) electrons. The number of thioether (sulfide) groups is 1. The van der Waals surface area contributed by atoms with Crippen molar-refractivity contribution in [3.8, 4) is 0 Å². The van der Waals surface area contributed by atoms with Crippen molar-refractivity contribution < 1.29 is 9.68 Å². The van der Waals surface area contributed by atoms with Crippen LogP contribution in [0.15, 0.2) is 65.7 Å². The summed E-state index contributed by atoms with van der Waals surface area (Å²) in [5, 5.41) is 12.6. The molecule has 0 aliphatic carbocycles. The SMILES string of the molecule is O[C@@]1(c2ccccc2)CN=C2SCCC[N+]2=C1c1ccccc1. The molecule has 4 heteroatoms. The van der Waals surface area contributed by atoms with E-state index in [9.17, 15) is 5.11 Å². The van der Waals surface area contributed by atoms with Gasteiger partial charge in [-0.1, -0.05) is 65.7 Å². The van der Waals surface area contributed by atoms with Crippen LogP contribution in [-0.2, 0) is 5.60 Å². The molecule has 2 aliphatic rings. The minimum Gasteiger partial charge on any atom is -0.373 e. The zero-order valence-corrected chi connectivity index (χ0v) is 13.7. The Morgan fingerprint density at radius 1 is 1.00 bits per heavy atom. The molecule has 116 valence electrons. The molecule has 2 aromatic rings. The van der Waals surface area contributed by atoms with Crippen LogP contribution >= 0.6 is 11.8 Å². The third kappa shape index (κ3) is 2.52. The number of aliphatic imine (C=N–C) groups is 1. The summed E-state index contributed by atoms with van der Waals surface area (Å²) >= 11 is 1.79. The van der Waals surface area contributed by atoms with Gasteiger partial charge in [0.25, 0.3) is 0 Å². The average Bonchev–Trinajstić information content (AvgIpc) is 2.63. The maximum absolute atomic E-state index is 11.6. The van der Waals surface area contributed by atoms with E-state index in [0.717, 1.165) is 40.7 Å². The zero-order chi connectivity index (χ0) is 15.7. The van der Waals surface area contributed by atoms with E-state index >= 15 is 0 Å². The Hall–Kier alpha value is -1.91. The van der Waals surface area contributed by atoms with Gasteiger partial charge in [-0.2, -0.15) is 0 Å². The van der Waals surface area contributed by atoms with Crippen LogP contribution in [0.4, 0.5) is 0 Å². The lowest BCUT2D eigenvalue weighted by Gasteiger charge is -2.32. The number of hydrogen-bond acceptors (Lipinski definition) is 3. The van der Waals surface area contributed by atoms with E-state index in [4.69, 9.17) is 4.99 Å². The van der Waals surface area contributed by atoms with Gasteiger partial charge < -0.3 is 5.11 Å². The third-order valence-corrected chi connectivity index (χ3v) is 5.49. The molecular formula is C19H19N2OS+. The van der Waals surface area contributed by atoms with E-state index < -0.39 is 5.60 Å². The number of nitrogens with zero attached hydrogens (tertiary/aromatic N) is 2. The monoisotopic (exact) mass is 323 g/mol. The van der Waals surface area contributed by atoms with Crippen molar-refractivity contribution in [2.24, 2.45) is 4.99 Å². The Labute approximate surface area is 140 Å². The molecule has 2 aliphatic heterocycles. The number of benzene rings is 2.